The molecule has 1 atom stereocenters. The third kappa shape index (κ3) is 3.97. The average molecular weight is 347 g/mol. The van der Waals surface area contributed by atoms with Gasteiger partial charge in [0.1, 0.15) is 6.04 Å². The molecule has 25 heavy (non-hydrogen) atoms. The summed E-state index contributed by atoms with van der Waals surface area (Å²) in [5.41, 5.74) is 0.744. The molecule has 3 rings (SSSR count). The zero-order valence-corrected chi connectivity index (χ0v) is 14.7. The Morgan fingerprint density at radius 3 is 2.60 bits per heavy atom. The summed E-state index contributed by atoms with van der Waals surface area (Å²) in [5, 5.41) is 7.90. The zero-order chi connectivity index (χ0) is 17.9. The van der Waals surface area contributed by atoms with E-state index in [0.29, 0.717) is 12.3 Å². The van der Waals surface area contributed by atoms with E-state index in [1.54, 1.807) is 13.8 Å². The van der Waals surface area contributed by atoms with E-state index in [4.69, 9.17) is 9.47 Å². The Morgan fingerprint density at radius 1 is 1.16 bits per heavy atom. The molecule has 7 heteroatoms. The Labute approximate surface area is 147 Å². The Morgan fingerprint density at radius 2 is 1.88 bits per heavy atom. The van der Waals surface area contributed by atoms with Crippen LogP contribution in [0.25, 0.3) is 0 Å². The van der Waals surface area contributed by atoms with Crippen LogP contribution in [0.2, 0.25) is 0 Å². The van der Waals surface area contributed by atoms with Gasteiger partial charge < -0.3 is 20.1 Å². The smallest absolute Gasteiger partial charge is 0.321 e. The molecule has 0 aromatic heterocycles. The lowest BCUT2D eigenvalue weighted by Gasteiger charge is -2.31. The first-order valence-corrected chi connectivity index (χ1v) is 8.89. The number of amides is 3. The number of hydrogen-bond donors (Lipinski definition) is 3. The van der Waals surface area contributed by atoms with E-state index in [9.17, 15) is 9.59 Å². The number of ether oxygens (including phenoxy) is 2. The normalized spacial score (nSPS) is 18.5. The highest BCUT2D eigenvalue weighted by molar-refractivity contribution is 5.97. The van der Waals surface area contributed by atoms with Gasteiger partial charge in [-0.2, -0.15) is 0 Å². The fourth-order valence-corrected chi connectivity index (χ4v) is 3.22. The van der Waals surface area contributed by atoms with Gasteiger partial charge in [-0.1, -0.05) is 6.42 Å². The minimum Gasteiger partial charge on any atom is -0.448 e. The maximum atomic E-state index is 12.0. The van der Waals surface area contributed by atoms with Crippen LogP contribution in [0.4, 0.5) is 10.5 Å². The van der Waals surface area contributed by atoms with Crippen molar-refractivity contribution in [1.82, 2.24) is 10.6 Å². The minimum absolute atomic E-state index is 0.396. The number of benzene rings is 1. The molecule has 0 saturated heterocycles. The van der Waals surface area contributed by atoms with Gasteiger partial charge in [0, 0.05) is 31.1 Å². The molecule has 1 spiro atoms. The monoisotopic (exact) mass is 347 g/mol. The molecule has 1 aromatic carbocycles. The number of fused-ring (bicyclic) bond motifs is 1. The second-order valence-corrected chi connectivity index (χ2v) is 6.55. The first-order chi connectivity index (χ1) is 12.0. The topological polar surface area (TPSA) is 88.7 Å². The molecule has 1 heterocycles. The summed E-state index contributed by atoms with van der Waals surface area (Å²) < 4.78 is 12.1. The molecule has 3 N–H and O–H groups in total. The number of urea groups is 1. The number of imide groups is 1. The number of hydrogen-bond acceptors (Lipinski definition) is 5. The van der Waals surface area contributed by atoms with E-state index in [1.807, 2.05) is 18.2 Å². The van der Waals surface area contributed by atoms with Gasteiger partial charge in [0.05, 0.1) is 0 Å². The van der Waals surface area contributed by atoms with Gasteiger partial charge >= 0.3 is 6.03 Å². The fraction of sp³-hybridized carbons (Fsp3) is 0.556. The molecule has 1 aromatic rings. The van der Waals surface area contributed by atoms with E-state index in [1.165, 1.54) is 6.42 Å². The summed E-state index contributed by atoms with van der Waals surface area (Å²) in [5.74, 6) is 0.531. The minimum atomic E-state index is -0.563. The van der Waals surface area contributed by atoms with E-state index < -0.39 is 23.8 Å². The largest absolute Gasteiger partial charge is 0.448 e. The molecule has 1 aliphatic heterocycles. The molecular formula is C18H25N3O4. The number of carbonyl (C=O) groups is 2. The van der Waals surface area contributed by atoms with Crippen molar-refractivity contribution in [2.24, 2.45) is 0 Å². The Balaban J connectivity index is 1.61. The molecule has 1 saturated carbocycles. The highest BCUT2D eigenvalue weighted by atomic mass is 16.7. The van der Waals surface area contributed by atoms with E-state index in [-0.39, 0.29) is 0 Å². The summed E-state index contributed by atoms with van der Waals surface area (Å²) in [6.07, 6.45) is 5.23. The van der Waals surface area contributed by atoms with E-state index in [0.717, 1.165) is 37.1 Å². The van der Waals surface area contributed by atoms with E-state index in [2.05, 4.69) is 16.0 Å². The molecule has 3 amide bonds. The van der Waals surface area contributed by atoms with Crippen LogP contribution in [0.3, 0.4) is 0 Å². The predicted molar refractivity (Wildman–Crippen MR) is 93.8 cm³/mol. The molecule has 136 valence electrons. The average Bonchev–Trinajstić information content (AvgIpc) is 2.92. The highest BCUT2D eigenvalue weighted by Gasteiger charge is 2.42. The predicted octanol–water partition coefficient (Wildman–Crippen LogP) is 2.76. The SMILES string of the molecule is CCNC(=O)NC(=O)[C@H](C)Nc1ccc2c(c1)OC1(CCCCC1)O2. The molecule has 0 unspecified atom stereocenters. The molecule has 1 aliphatic carbocycles. The van der Waals surface area contributed by atoms with E-state index >= 15 is 0 Å². The van der Waals surface area contributed by atoms with Crippen LogP contribution in [0.5, 0.6) is 11.5 Å². The summed E-state index contributed by atoms with van der Waals surface area (Å²) in [4.78, 5) is 23.4. The van der Waals surface area contributed by atoms with Crippen LogP contribution in [0, 0.1) is 0 Å². The third-order valence-corrected chi connectivity index (χ3v) is 4.50. The summed E-state index contributed by atoms with van der Waals surface area (Å²) in [6.45, 7) is 3.95. The highest BCUT2D eigenvalue weighted by Crippen LogP contribution is 2.46. The van der Waals surface area contributed by atoms with Crippen LogP contribution in [0.15, 0.2) is 18.2 Å². The Kier molecular flexibility index (Phi) is 5.01. The van der Waals surface area contributed by atoms with Gasteiger partial charge in [-0.3, -0.25) is 10.1 Å². The van der Waals surface area contributed by atoms with Gasteiger partial charge in [-0.15, -0.1) is 0 Å². The standard InChI is InChI=1S/C18H25N3O4/c1-3-19-17(23)21-16(22)12(2)20-13-7-8-14-15(11-13)25-18(24-14)9-5-4-6-10-18/h7-8,11-12,20H,3-6,9-10H2,1-2H3,(H2,19,21,22,23)/t12-/m0/s1. The molecule has 2 aliphatic rings. The van der Waals surface area contributed by atoms with Gasteiger partial charge in [0.25, 0.3) is 5.79 Å². The summed E-state index contributed by atoms with van der Waals surface area (Å²) in [7, 11) is 0. The molecular weight excluding hydrogens is 322 g/mol. The fourth-order valence-electron chi connectivity index (χ4n) is 3.22. The van der Waals surface area contributed by atoms with Crippen LogP contribution < -0.4 is 25.4 Å². The van der Waals surface area contributed by atoms with Crippen molar-refractivity contribution in [3.05, 3.63) is 18.2 Å². The van der Waals surface area contributed by atoms with Crippen molar-refractivity contribution in [2.75, 3.05) is 11.9 Å². The van der Waals surface area contributed by atoms with Crippen LogP contribution in [-0.2, 0) is 4.79 Å². The van der Waals surface area contributed by atoms with Crippen LogP contribution in [-0.4, -0.2) is 30.3 Å². The number of rotatable bonds is 4. The molecule has 1 fully saturated rings. The number of carbonyl (C=O) groups excluding carboxylic acids is 2. The number of anilines is 1. The van der Waals surface area contributed by atoms with Crippen molar-refractivity contribution in [3.63, 3.8) is 0 Å². The summed E-state index contributed by atoms with van der Waals surface area (Å²) >= 11 is 0. The zero-order valence-electron chi connectivity index (χ0n) is 14.7. The van der Waals surface area contributed by atoms with Crippen molar-refractivity contribution in [1.29, 1.82) is 0 Å². The van der Waals surface area contributed by atoms with Crippen molar-refractivity contribution in [2.45, 2.75) is 57.8 Å². The van der Waals surface area contributed by atoms with Crippen molar-refractivity contribution in [3.8, 4) is 11.5 Å². The second kappa shape index (κ2) is 7.21. The maximum absolute atomic E-state index is 12.0. The first kappa shape index (κ1) is 17.4. The maximum Gasteiger partial charge on any atom is 0.321 e. The number of nitrogens with one attached hydrogen (secondary N) is 3. The van der Waals surface area contributed by atoms with Gasteiger partial charge in [-0.05, 0) is 38.8 Å². The molecule has 0 radical (unpaired) electrons. The molecule has 7 nitrogen and oxygen atoms in total. The van der Waals surface area contributed by atoms with Crippen molar-refractivity contribution >= 4 is 17.6 Å². The van der Waals surface area contributed by atoms with Gasteiger partial charge in [0.2, 0.25) is 5.91 Å². The second-order valence-electron chi connectivity index (χ2n) is 6.55. The Hall–Kier alpha value is -2.44. The van der Waals surface area contributed by atoms with Crippen molar-refractivity contribution < 1.29 is 19.1 Å². The molecule has 0 bridgehead atoms. The van der Waals surface area contributed by atoms with Crippen LogP contribution in [0.1, 0.15) is 46.0 Å². The van der Waals surface area contributed by atoms with Gasteiger partial charge in [0.15, 0.2) is 11.5 Å². The lowest BCUT2D eigenvalue weighted by atomic mass is 9.94. The Bertz CT molecular complexity index is 656. The quantitative estimate of drug-likeness (QED) is 0.779. The lowest BCUT2D eigenvalue weighted by molar-refractivity contribution is -0.120. The van der Waals surface area contributed by atoms with Crippen LogP contribution >= 0.6 is 0 Å². The lowest BCUT2D eigenvalue weighted by Crippen LogP contribution is -2.45. The first-order valence-electron chi connectivity index (χ1n) is 8.89. The third-order valence-electron chi connectivity index (χ3n) is 4.50. The summed E-state index contributed by atoms with van der Waals surface area (Å²) in [6, 6.07) is 4.49. The van der Waals surface area contributed by atoms with Gasteiger partial charge in [-0.25, -0.2) is 4.79 Å².